The summed E-state index contributed by atoms with van der Waals surface area (Å²) < 4.78 is 2.19. The molecular weight excluding hydrogens is 374 g/mol. The molecule has 0 spiro atoms. The molecule has 0 aliphatic carbocycles. The van der Waals surface area contributed by atoms with E-state index >= 15 is 0 Å². The van der Waals surface area contributed by atoms with E-state index in [4.69, 9.17) is 0 Å². The van der Waals surface area contributed by atoms with Crippen LogP contribution in [0.15, 0.2) is 67.1 Å². The number of imidazole rings is 1. The monoisotopic (exact) mass is 401 g/mol. The lowest BCUT2D eigenvalue weighted by Gasteiger charge is -2.35. The van der Waals surface area contributed by atoms with Gasteiger partial charge >= 0.3 is 0 Å². The van der Waals surface area contributed by atoms with Crippen molar-refractivity contribution in [2.45, 2.75) is 37.8 Å². The van der Waals surface area contributed by atoms with Crippen LogP contribution in [-0.4, -0.2) is 44.7 Å². The quantitative estimate of drug-likeness (QED) is 0.709. The number of nitrogens with zero attached hydrogens (tertiary/aromatic N) is 3. The van der Waals surface area contributed by atoms with E-state index in [1.165, 1.54) is 11.1 Å². The number of carbonyl (C=O) groups excluding carboxylic acids is 1. The van der Waals surface area contributed by atoms with E-state index in [0.717, 1.165) is 37.2 Å². The van der Waals surface area contributed by atoms with E-state index in [0.29, 0.717) is 12.8 Å². The van der Waals surface area contributed by atoms with Crippen LogP contribution in [0.5, 0.6) is 0 Å². The van der Waals surface area contributed by atoms with Gasteiger partial charge < -0.3 is 14.6 Å². The Hall–Kier alpha value is -2.92. The zero-order valence-corrected chi connectivity index (χ0v) is 17.0. The van der Waals surface area contributed by atoms with Gasteiger partial charge in [0.25, 0.3) is 0 Å². The van der Waals surface area contributed by atoms with Crippen molar-refractivity contribution in [3.05, 3.63) is 78.2 Å². The summed E-state index contributed by atoms with van der Waals surface area (Å²) in [4.78, 5) is 18.9. The maximum Gasteiger partial charge on any atom is 0.226 e. The van der Waals surface area contributed by atoms with Gasteiger partial charge in [-0.2, -0.15) is 0 Å². The molecule has 5 nitrogen and oxygen atoms in total. The molecule has 5 heteroatoms. The third-order valence-electron chi connectivity index (χ3n) is 6.70. The predicted molar refractivity (Wildman–Crippen MR) is 116 cm³/mol. The minimum atomic E-state index is -0.386. The number of aliphatic hydroxyl groups is 1. The van der Waals surface area contributed by atoms with Gasteiger partial charge in [-0.3, -0.25) is 4.79 Å². The van der Waals surface area contributed by atoms with Crippen LogP contribution in [0.2, 0.25) is 0 Å². The molecule has 30 heavy (non-hydrogen) atoms. The fraction of sp³-hybridized carbons (Fsp3) is 0.360. The normalized spacial score (nSPS) is 19.4. The molecule has 0 bridgehead atoms. The molecular formula is C25H27N3O2. The second-order valence-corrected chi connectivity index (χ2v) is 8.47. The maximum atomic E-state index is 12.6. The van der Waals surface area contributed by atoms with Crippen LogP contribution >= 0.6 is 0 Å². The number of benzene rings is 2. The minimum Gasteiger partial charge on any atom is -0.393 e. The van der Waals surface area contributed by atoms with Gasteiger partial charge in [0.1, 0.15) is 0 Å². The first kappa shape index (κ1) is 19.1. The number of carbonyl (C=O) groups is 1. The van der Waals surface area contributed by atoms with Gasteiger partial charge in [-0.15, -0.1) is 0 Å². The van der Waals surface area contributed by atoms with Gasteiger partial charge in [-0.25, -0.2) is 4.98 Å². The zero-order chi connectivity index (χ0) is 20.5. The molecule has 1 saturated heterocycles. The Labute approximate surface area is 177 Å². The highest BCUT2D eigenvalue weighted by Gasteiger charge is 2.33. The summed E-state index contributed by atoms with van der Waals surface area (Å²) in [5.74, 6) is 0.410. The summed E-state index contributed by atoms with van der Waals surface area (Å²) in [6.07, 6.45) is 6.24. The van der Waals surface area contributed by atoms with E-state index in [9.17, 15) is 9.90 Å². The smallest absolute Gasteiger partial charge is 0.226 e. The Balaban J connectivity index is 1.20. The van der Waals surface area contributed by atoms with Gasteiger partial charge in [0.05, 0.1) is 36.8 Å². The molecule has 3 aromatic rings. The molecule has 1 N–H and O–H groups in total. The summed E-state index contributed by atoms with van der Waals surface area (Å²) >= 11 is 0. The standard InChI is InChI=1S/C25H27N3O2/c29-24(15-22-20-8-4-5-9-21(20)23-16-26-17-28(22)23)19-10-12-27(13-11-19)25(30)14-18-6-2-1-3-7-18/h1-9,16-17,19,22,24,29H,10-15H2/t22?,24-/m0/s1. The van der Waals surface area contributed by atoms with Crippen LogP contribution in [-0.2, 0) is 11.2 Å². The molecule has 1 amide bonds. The van der Waals surface area contributed by atoms with Crippen LogP contribution in [0.25, 0.3) is 11.3 Å². The van der Waals surface area contributed by atoms with Crippen molar-refractivity contribution in [2.75, 3.05) is 13.1 Å². The molecule has 0 saturated carbocycles. The van der Waals surface area contributed by atoms with E-state index in [1.54, 1.807) is 0 Å². The highest BCUT2D eigenvalue weighted by atomic mass is 16.3. The molecule has 2 aliphatic heterocycles. The van der Waals surface area contributed by atoms with Crippen LogP contribution in [0.3, 0.4) is 0 Å². The Bertz CT molecular complexity index is 1020. The van der Waals surface area contributed by atoms with E-state index in [1.807, 2.05) is 47.8 Å². The lowest BCUT2D eigenvalue weighted by Crippen LogP contribution is -2.42. The number of rotatable bonds is 5. The predicted octanol–water partition coefficient (Wildman–Crippen LogP) is 3.69. The summed E-state index contributed by atoms with van der Waals surface area (Å²) in [6.45, 7) is 1.45. The molecule has 2 atom stereocenters. The first-order chi connectivity index (χ1) is 14.7. The maximum absolute atomic E-state index is 12.6. The molecule has 1 unspecified atom stereocenters. The Morgan fingerprint density at radius 3 is 2.60 bits per heavy atom. The number of hydrogen-bond donors (Lipinski definition) is 1. The van der Waals surface area contributed by atoms with Gasteiger partial charge in [-0.1, -0.05) is 54.6 Å². The average molecular weight is 402 g/mol. The SMILES string of the molecule is O=C(Cc1ccccc1)N1CCC([C@@H](O)CC2c3ccccc3-c3cncn32)CC1. The molecule has 3 heterocycles. The third kappa shape index (κ3) is 3.54. The number of aromatic nitrogens is 2. The highest BCUT2D eigenvalue weighted by Crippen LogP contribution is 2.42. The van der Waals surface area contributed by atoms with Crippen molar-refractivity contribution in [3.63, 3.8) is 0 Å². The molecule has 0 radical (unpaired) electrons. The van der Waals surface area contributed by atoms with Gasteiger partial charge in [0.15, 0.2) is 0 Å². The van der Waals surface area contributed by atoms with E-state index in [-0.39, 0.29) is 24.0 Å². The number of aliphatic hydroxyl groups excluding tert-OH is 1. The summed E-state index contributed by atoms with van der Waals surface area (Å²) in [6, 6.07) is 18.4. The summed E-state index contributed by atoms with van der Waals surface area (Å²) in [5.41, 5.74) is 4.67. The molecule has 154 valence electrons. The van der Waals surface area contributed by atoms with E-state index in [2.05, 4.69) is 33.8 Å². The van der Waals surface area contributed by atoms with Crippen molar-refractivity contribution < 1.29 is 9.90 Å². The number of fused-ring (bicyclic) bond motifs is 3. The fourth-order valence-corrected chi connectivity index (χ4v) is 5.01. The average Bonchev–Trinajstić information content (AvgIpc) is 3.37. The summed E-state index contributed by atoms with van der Waals surface area (Å²) in [7, 11) is 0. The number of hydrogen-bond acceptors (Lipinski definition) is 3. The number of amides is 1. The first-order valence-electron chi connectivity index (χ1n) is 10.8. The van der Waals surface area contributed by atoms with Crippen LogP contribution in [0, 0.1) is 5.92 Å². The lowest BCUT2D eigenvalue weighted by molar-refractivity contribution is -0.132. The third-order valence-corrected chi connectivity index (χ3v) is 6.70. The number of piperidine rings is 1. The molecule has 1 fully saturated rings. The summed E-state index contributed by atoms with van der Waals surface area (Å²) in [5, 5.41) is 11.0. The largest absolute Gasteiger partial charge is 0.393 e. The zero-order valence-electron chi connectivity index (χ0n) is 17.0. The molecule has 5 rings (SSSR count). The Kier molecular flexibility index (Phi) is 5.13. The van der Waals surface area contributed by atoms with Crippen molar-refractivity contribution in [1.29, 1.82) is 0 Å². The molecule has 1 aromatic heterocycles. The van der Waals surface area contributed by atoms with Crippen LogP contribution in [0.1, 0.15) is 36.4 Å². The fourth-order valence-electron chi connectivity index (χ4n) is 5.01. The Morgan fingerprint density at radius 2 is 1.80 bits per heavy atom. The van der Waals surface area contributed by atoms with Gasteiger partial charge in [0.2, 0.25) is 5.91 Å². The van der Waals surface area contributed by atoms with Crippen molar-refractivity contribution >= 4 is 5.91 Å². The van der Waals surface area contributed by atoms with Crippen molar-refractivity contribution in [1.82, 2.24) is 14.5 Å². The molecule has 2 aliphatic rings. The van der Waals surface area contributed by atoms with Crippen molar-refractivity contribution in [2.24, 2.45) is 5.92 Å². The Morgan fingerprint density at radius 1 is 1.07 bits per heavy atom. The second kappa shape index (κ2) is 8.07. The van der Waals surface area contributed by atoms with Crippen molar-refractivity contribution in [3.8, 4) is 11.3 Å². The second-order valence-electron chi connectivity index (χ2n) is 8.47. The minimum absolute atomic E-state index is 0.131. The van der Waals surface area contributed by atoms with Gasteiger partial charge in [-0.05, 0) is 36.3 Å². The number of likely N-dealkylation sites (tertiary alicyclic amines) is 1. The first-order valence-corrected chi connectivity index (χ1v) is 10.8. The van der Waals surface area contributed by atoms with Crippen LogP contribution < -0.4 is 0 Å². The van der Waals surface area contributed by atoms with Crippen LogP contribution in [0.4, 0.5) is 0 Å². The molecule has 2 aromatic carbocycles. The highest BCUT2D eigenvalue weighted by molar-refractivity contribution is 5.78. The lowest BCUT2D eigenvalue weighted by atomic mass is 9.86. The van der Waals surface area contributed by atoms with Gasteiger partial charge in [0, 0.05) is 18.7 Å². The van der Waals surface area contributed by atoms with E-state index < -0.39 is 0 Å². The topological polar surface area (TPSA) is 58.4 Å².